The van der Waals surface area contributed by atoms with Crippen molar-refractivity contribution in [1.82, 2.24) is 5.32 Å². The topological polar surface area (TPSA) is 38.3 Å². The zero-order valence-corrected chi connectivity index (χ0v) is 13.2. The molecule has 0 aliphatic carbocycles. The molecule has 0 aromatic heterocycles. The van der Waals surface area contributed by atoms with Gasteiger partial charge < -0.3 is 10.1 Å². The third-order valence-corrected chi connectivity index (χ3v) is 3.90. The summed E-state index contributed by atoms with van der Waals surface area (Å²) in [5.41, 5.74) is 0.980. The Morgan fingerprint density at radius 2 is 2.21 bits per heavy atom. The Morgan fingerprint density at radius 3 is 2.84 bits per heavy atom. The average Bonchev–Trinajstić information content (AvgIpc) is 2.32. The molecule has 0 radical (unpaired) electrons. The summed E-state index contributed by atoms with van der Waals surface area (Å²) in [7, 11) is 1.61. The van der Waals surface area contributed by atoms with Crippen LogP contribution in [-0.4, -0.2) is 31.4 Å². The molecule has 1 atom stereocenters. The van der Waals surface area contributed by atoms with Crippen LogP contribution < -0.4 is 5.32 Å². The van der Waals surface area contributed by atoms with E-state index in [1.54, 1.807) is 19.2 Å². The number of carbonyl (C=O) groups excluding carboxylic acids is 1. The number of methoxy groups -OCH3 is 1. The molecule has 0 spiro atoms. The molecule has 6 heteroatoms. The minimum absolute atomic E-state index is 0.000337. The van der Waals surface area contributed by atoms with Crippen molar-refractivity contribution in [1.29, 1.82) is 0 Å². The van der Waals surface area contributed by atoms with Crippen LogP contribution in [0.3, 0.4) is 0 Å². The van der Waals surface area contributed by atoms with Gasteiger partial charge in [-0.15, -0.1) is 11.8 Å². The van der Waals surface area contributed by atoms with E-state index >= 15 is 0 Å². The van der Waals surface area contributed by atoms with Gasteiger partial charge in [0.25, 0.3) is 0 Å². The third-order valence-electron chi connectivity index (χ3n) is 2.33. The van der Waals surface area contributed by atoms with Gasteiger partial charge in [0.2, 0.25) is 5.91 Å². The maximum atomic E-state index is 11.6. The molecule has 0 bridgehead atoms. The minimum Gasteiger partial charge on any atom is -0.383 e. The Labute approximate surface area is 128 Å². The van der Waals surface area contributed by atoms with Gasteiger partial charge in [0.05, 0.1) is 12.4 Å². The van der Waals surface area contributed by atoms with Crippen LogP contribution in [-0.2, 0) is 15.3 Å². The fraction of sp³-hybridized carbons (Fsp3) is 0.462. The number of halogens is 2. The van der Waals surface area contributed by atoms with Crippen molar-refractivity contribution >= 4 is 40.9 Å². The number of ether oxygens (including phenoxy) is 1. The summed E-state index contributed by atoms with van der Waals surface area (Å²) in [5, 5.41) is 4.10. The molecule has 106 valence electrons. The van der Waals surface area contributed by atoms with Crippen molar-refractivity contribution < 1.29 is 9.53 Å². The normalized spacial score (nSPS) is 12.2. The Balaban J connectivity index is 2.31. The minimum atomic E-state index is -0.000337. The average molecular weight is 322 g/mol. The first kappa shape index (κ1) is 16.6. The van der Waals surface area contributed by atoms with Crippen LogP contribution in [0.15, 0.2) is 18.2 Å². The lowest BCUT2D eigenvalue weighted by Gasteiger charge is -2.12. The lowest BCUT2D eigenvalue weighted by Crippen LogP contribution is -2.36. The first-order valence-electron chi connectivity index (χ1n) is 5.83. The standard InChI is InChI=1S/C13H17Cl2NO2S/c1-9(6-18-2)16-13(17)8-19-7-10-3-4-11(14)5-12(10)15/h3-5,9H,6-8H2,1-2H3,(H,16,17). The number of thioether (sulfide) groups is 1. The van der Waals surface area contributed by atoms with E-state index in [9.17, 15) is 4.79 Å². The summed E-state index contributed by atoms with van der Waals surface area (Å²) in [4.78, 5) is 11.6. The van der Waals surface area contributed by atoms with Crippen LogP contribution in [0.4, 0.5) is 0 Å². The van der Waals surface area contributed by atoms with Gasteiger partial charge in [-0.05, 0) is 24.6 Å². The molecule has 0 saturated carbocycles. The highest BCUT2D eigenvalue weighted by Crippen LogP contribution is 2.24. The second-order valence-electron chi connectivity index (χ2n) is 4.15. The van der Waals surface area contributed by atoms with Crippen LogP contribution in [0.1, 0.15) is 12.5 Å². The maximum absolute atomic E-state index is 11.6. The van der Waals surface area contributed by atoms with E-state index in [4.69, 9.17) is 27.9 Å². The Hall–Kier alpha value is -0.420. The Bertz CT molecular complexity index is 429. The Morgan fingerprint density at radius 1 is 1.47 bits per heavy atom. The molecule has 1 aromatic rings. The van der Waals surface area contributed by atoms with Gasteiger partial charge in [-0.25, -0.2) is 0 Å². The second kappa shape index (κ2) is 8.69. The van der Waals surface area contributed by atoms with Crippen molar-refractivity contribution in [3.05, 3.63) is 33.8 Å². The molecule has 1 amide bonds. The van der Waals surface area contributed by atoms with Crippen molar-refractivity contribution in [2.45, 2.75) is 18.7 Å². The zero-order chi connectivity index (χ0) is 14.3. The number of nitrogens with one attached hydrogen (secondary N) is 1. The van der Waals surface area contributed by atoms with Crippen LogP contribution in [0, 0.1) is 0 Å². The van der Waals surface area contributed by atoms with E-state index in [2.05, 4.69) is 5.32 Å². The molecule has 3 nitrogen and oxygen atoms in total. The number of rotatable bonds is 7. The van der Waals surface area contributed by atoms with Crippen LogP contribution in [0.25, 0.3) is 0 Å². The van der Waals surface area contributed by atoms with Gasteiger partial charge in [-0.2, -0.15) is 0 Å². The van der Waals surface area contributed by atoms with Crippen LogP contribution in [0.2, 0.25) is 10.0 Å². The second-order valence-corrected chi connectivity index (χ2v) is 5.98. The molecule has 1 rings (SSSR count). The summed E-state index contributed by atoms with van der Waals surface area (Å²) < 4.78 is 4.95. The molecule has 1 unspecified atom stereocenters. The monoisotopic (exact) mass is 321 g/mol. The van der Waals surface area contributed by atoms with E-state index in [-0.39, 0.29) is 11.9 Å². The van der Waals surface area contributed by atoms with E-state index in [0.717, 1.165) is 5.56 Å². The molecule has 0 saturated heterocycles. The van der Waals surface area contributed by atoms with Crippen LogP contribution >= 0.6 is 35.0 Å². The maximum Gasteiger partial charge on any atom is 0.230 e. The number of carbonyl (C=O) groups is 1. The predicted molar refractivity (Wildman–Crippen MR) is 82.1 cm³/mol. The molecule has 1 N–H and O–H groups in total. The van der Waals surface area contributed by atoms with E-state index in [0.29, 0.717) is 28.2 Å². The summed E-state index contributed by atoms with van der Waals surface area (Å²) in [6.45, 7) is 2.42. The third kappa shape index (κ3) is 6.52. The molecule has 0 fully saturated rings. The van der Waals surface area contributed by atoms with Gasteiger partial charge in [0, 0.05) is 28.9 Å². The predicted octanol–water partition coefficient (Wildman–Crippen LogP) is 3.38. The quantitative estimate of drug-likeness (QED) is 0.836. The van der Waals surface area contributed by atoms with Gasteiger partial charge in [0.15, 0.2) is 0 Å². The molecule has 19 heavy (non-hydrogen) atoms. The highest BCUT2D eigenvalue weighted by atomic mass is 35.5. The zero-order valence-electron chi connectivity index (χ0n) is 10.9. The number of benzene rings is 1. The molecular formula is C13H17Cl2NO2S. The summed E-state index contributed by atoms with van der Waals surface area (Å²) in [6.07, 6.45) is 0. The number of amides is 1. The van der Waals surface area contributed by atoms with Gasteiger partial charge >= 0.3 is 0 Å². The summed E-state index contributed by atoms with van der Waals surface area (Å²) >= 11 is 13.4. The van der Waals surface area contributed by atoms with Crippen molar-refractivity contribution in [2.24, 2.45) is 0 Å². The van der Waals surface area contributed by atoms with Crippen molar-refractivity contribution in [3.8, 4) is 0 Å². The van der Waals surface area contributed by atoms with E-state index in [1.807, 2.05) is 13.0 Å². The molecule has 1 aromatic carbocycles. The lowest BCUT2D eigenvalue weighted by molar-refractivity contribution is -0.119. The van der Waals surface area contributed by atoms with Crippen LogP contribution in [0.5, 0.6) is 0 Å². The lowest BCUT2D eigenvalue weighted by atomic mass is 10.2. The van der Waals surface area contributed by atoms with Gasteiger partial charge in [-0.1, -0.05) is 29.3 Å². The number of hydrogen-bond acceptors (Lipinski definition) is 3. The van der Waals surface area contributed by atoms with E-state index in [1.165, 1.54) is 11.8 Å². The molecule has 0 heterocycles. The Kier molecular flexibility index (Phi) is 7.61. The first-order chi connectivity index (χ1) is 9.02. The number of hydrogen-bond donors (Lipinski definition) is 1. The highest BCUT2D eigenvalue weighted by Gasteiger charge is 2.08. The SMILES string of the molecule is COCC(C)NC(=O)CSCc1ccc(Cl)cc1Cl. The van der Waals surface area contributed by atoms with E-state index < -0.39 is 0 Å². The summed E-state index contributed by atoms with van der Waals surface area (Å²) in [6, 6.07) is 5.41. The molecular weight excluding hydrogens is 305 g/mol. The highest BCUT2D eigenvalue weighted by molar-refractivity contribution is 7.99. The molecule has 0 aliphatic heterocycles. The largest absolute Gasteiger partial charge is 0.383 e. The smallest absolute Gasteiger partial charge is 0.230 e. The van der Waals surface area contributed by atoms with Gasteiger partial charge in [-0.3, -0.25) is 4.79 Å². The van der Waals surface area contributed by atoms with Crippen molar-refractivity contribution in [2.75, 3.05) is 19.5 Å². The van der Waals surface area contributed by atoms with Gasteiger partial charge in [0.1, 0.15) is 0 Å². The fourth-order valence-corrected chi connectivity index (χ4v) is 2.90. The van der Waals surface area contributed by atoms with Crippen molar-refractivity contribution in [3.63, 3.8) is 0 Å². The first-order valence-corrected chi connectivity index (χ1v) is 7.74. The molecule has 0 aliphatic rings. The summed E-state index contributed by atoms with van der Waals surface area (Å²) in [5.74, 6) is 1.08. The fourth-order valence-electron chi connectivity index (χ4n) is 1.50.